The molecule has 0 spiro atoms. The van der Waals surface area contributed by atoms with Crippen LogP contribution in [0.2, 0.25) is 0 Å². The van der Waals surface area contributed by atoms with Gasteiger partial charge in [0.25, 0.3) is 0 Å². The van der Waals surface area contributed by atoms with Crippen LogP contribution in [0.4, 0.5) is 4.39 Å². The maximum atomic E-state index is 13.3. The average Bonchev–Trinajstić information content (AvgIpc) is 2.28. The lowest BCUT2D eigenvalue weighted by Crippen LogP contribution is -2.22. The minimum atomic E-state index is -0.246. The van der Waals surface area contributed by atoms with E-state index in [-0.39, 0.29) is 24.3 Å². The Kier molecular flexibility index (Phi) is 3.67. The molecule has 1 aliphatic rings. The third-order valence-electron chi connectivity index (χ3n) is 2.87. The zero-order valence-corrected chi connectivity index (χ0v) is 9.12. The van der Waals surface area contributed by atoms with E-state index in [9.17, 15) is 9.18 Å². The van der Waals surface area contributed by atoms with Gasteiger partial charge >= 0.3 is 0 Å². The molecule has 1 aromatic rings. The Morgan fingerprint density at radius 2 is 2.19 bits per heavy atom. The van der Waals surface area contributed by atoms with Crippen molar-refractivity contribution in [3.8, 4) is 0 Å². The minimum absolute atomic E-state index is 0.0270. The zero-order chi connectivity index (χ0) is 11.4. The van der Waals surface area contributed by atoms with Gasteiger partial charge in [-0.3, -0.25) is 4.79 Å². The van der Waals surface area contributed by atoms with Gasteiger partial charge in [0.2, 0.25) is 0 Å². The van der Waals surface area contributed by atoms with E-state index in [0.29, 0.717) is 18.4 Å². The van der Waals surface area contributed by atoms with Crippen molar-refractivity contribution in [3.05, 3.63) is 35.6 Å². The van der Waals surface area contributed by atoms with Crippen molar-refractivity contribution >= 4 is 5.78 Å². The number of Topliss-reactive ketones (excluding diaryl/α,β-unsaturated/α-hetero) is 1. The number of carbonyl (C=O) groups excluding carboxylic acids is 1. The normalized spacial score (nSPS) is 21.1. The summed E-state index contributed by atoms with van der Waals surface area (Å²) in [7, 11) is 0. The molecule has 16 heavy (non-hydrogen) atoms. The predicted molar refractivity (Wildman–Crippen MR) is 58.5 cm³/mol. The van der Waals surface area contributed by atoms with E-state index in [1.807, 2.05) is 0 Å². The van der Waals surface area contributed by atoms with Crippen LogP contribution >= 0.6 is 0 Å². The highest BCUT2D eigenvalue weighted by molar-refractivity contribution is 5.79. The molecule has 3 heteroatoms. The molecule has 1 atom stereocenters. The lowest BCUT2D eigenvalue weighted by Gasteiger charge is -2.21. The molecular weight excluding hydrogens is 207 g/mol. The van der Waals surface area contributed by atoms with Gasteiger partial charge in [-0.1, -0.05) is 18.2 Å². The Balaban J connectivity index is 1.87. The van der Waals surface area contributed by atoms with Crippen molar-refractivity contribution in [2.45, 2.75) is 38.4 Å². The summed E-state index contributed by atoms with van der Waals surface area (Å²) in [6, 6.07) is 6.57. The van der Waals surface area contributed by atoms with E-state index >= 15 is 0 Å². The van der Waals surface area contributed by atoms with E-state index in [2.05, 4.69) is 0 Å². The van der Waals surface area contributed by atoms with Crippen molar-refractivity contribution in [2.24, 2.45) is 0 Å². The molecule has 0 radical (unpaired) electrons. The third kappa shape index (κ3) is 2.89. The summed E-state index contributed by atoms with van der Waals surface area (Å²) < 4.78 is 18.8. The van der Waals surface area contributed by atoms with Crippen LogP contribution in [-0.4, -0.2) is 11.9 Å². The standard InChI is InChI=1S/C13H15FO2/c14-13-7-2-1-4-10(13)9-16-12-6-3-5-11(15)8-12/h1-2,4,7,12H,3,5-6,8-9H2. The van der Waals surface area contributed by atoms with Gasteiger partial charge in [-0.25, -0.2) is 4.39 Å². The maximum absolute atomic E-state index is 13.3. The molecule has 0 amide bonds. The Hall–Kier alpha value is -1.22. The summed E-state index contributed by atoms with van der Waals surface area (Å²) in [4.78, 5) is 11.2. The summed E-state index contributed by atoms with van der Waals surface area (Å²) in [6.07, 6.45) is 2.91. The molecule has 0 aliphatic heterocycles. The number of benzene rings is 1. The van der Waals surface area contributed by atoms with Crippen LogP contribution in [0.3, 0.4) is 0 Å². The van der Waals surface area contributed by atoms with E-state index < -0.39 is 0 Å². The van der Waals surface area contributed by atoms with Crippen molar-refractivity contribution < 1.29 is 13.9 Å². The van der Waals surface area contributed by atoms with Gasteiger partial charge in [0.05, 0.1) is 12.7 Å². The van der Waals surface area contributed by atoms with E-state index in [1.165, 1.54) is 6.07 Å². The van der Waals surface area contributed by atoms with Gasteiger partial charge in [0.15, 0.2) is 0 Å². The van der Waals surface area contributed by atoms with E-state index in [1.54, 1.807) is 18.2 Å². The summed E-state index contributed by atoms with van der Waals surface area (Å²) >= 11 is 0. The van der Waals surface area contributed by atoms with Gasteiger partial charge < -0.3 is 4.74 Å². The average molecular weight is 222 g/mol. The topological polar surface area (TPSA) is 26.3 Å². The van der Waals surface area contributed by atoms with Gasteiger partial charge in [-0.05, 0) is 18.9 Å². The Morgan fingerprint density at radius 1 is 1.38 bits per heavy atom. The second kappa shape index (κ2) is 5.21. The maximum Gasteiger partial charge on any atom is 0.135 e. The zero-order valence-electron chi connectivity index (χ0n) is 9.12. The molecule has 0 saturated heterocycles. The molecule has 1 saturated carbocycles. The molecule has 1 aliphatic carbocycles. The molecule has 2 nitrogen and oxygen atoms in total. The highest BCUT2D eigenvalue weighted by Crippen LogP contribution is 2.19. The molecule has 1 fully saturated rings. The molecule has 0 N–H and O–H groups in total. The fraction of sp³-hybridized carbons (Fsp3) is 0.462. The van der Waals surface area contributed by atoms with Crippen LogP contribution in [0, 0.1) is 5.82 Å². The first kappa shape index (κ1) is 11.3. The number of carbonyl (C=O) groups is 1. The monoisotopic (exact) mass is 222 g/mol. The largest absolute Gasteiger partial charge is 0.373 e. The van der Waals surface area contributed by atoms with Crippen molar-refractivity contribution in [1.82, 2.24) is 0 Å². The molecule has 1 aromatic carbocycles. The lowest BCUT2D eigenvalue weighted by atomic mass is 9.96. The molecule has 86 valence electrons. The second-order valence-corrected chi connectivity index (χ2v) is 4.16. The summed E-state index contributed by atoms with van der Waals surface area (Å²) in [6.45, 7) is 0.255. The number of halogens is 1. The van der Waals surface area contributed by atoms with Gasteiger partial charge in [-0.15, -0.1) is 0 Å². The van der Waals surface area contributed by atoms with Crippen LogP contribution < -0.4 is 0 Å². The summed E-state index contributed by atoms with van der Waals surface area (Å²) in [5.41, 5.74) is 0.556. The van der Waals surface area contributed by atoms with Crippen molar-refractivity contribution in [3.63, 3.8) is 0 Å². The molecule has 1 unspecified atom stereocenters. The smallest absolute Gasteiger partial charge is 0.135 e. The van der Waals surface area contributed by atoms with Gasteiger partial charge in [-0.2, -0.15) is 0 Å². The fourth-order valence-corrected chi connectivity index (χ4v) is 1.95. The molecule has 0 bridgehead atoms. The lowest BCUT2D eigenvalue weighted by molar-refractivity contribution is -0.124. The first-order valence-corrected chi connectivity index (χ1v) is 5.62. The fourth-order valence-electron chi connectivity index (χ4n) is 1.95. The number of hydrogen-bond acceptors (Lipinski definition) is 2. The third-order valence-corrected chi connectivity index (χ3v) is 2.87. The number of hydrogen-bond donors (Lipinski definition) is 0. The van der Waals surface area contributed by atoms with Crippen LogP contribution in [0.1, 0.15) is 31.2 Å². The second-order valence-electron chi connectivity index (χ2n) is 4.16. The summed E-state index contributed by atoms with van der Waals surface area (Å²) in [5, 5.41) is 0. The summed E-state index contributed by atoms with van der Waals surface area (Å²) in [5.74, 6) is 0.00872. The number of rotatable bonds is 3. The van der Waals surface area contributed by atoms with Crippen LogP contribution in [-0.2, 0) is 16.1 Å². The molecule has 0 heterocycles. The van der Waals surface area contributed by atoms with Crippen molar-refractivity contribution in [1.29, 1.82) is 0 Å². The van der Waals surface area contributed by atoms with Crippen LogP contribution in [0.5, 0.6) is 0 Å². The van der Waals surface area contributed by atoms with Gasteiger partial charge in [0.1, 0.15) is 11.6 Å². The quantitative estimate of drug-likeness (QED) is 0.786. The van der Waals surface area contributed by atoms with E-state index in [0.717, 1.165) is 12.8 Å². The Labute approximate surface area is 94.4 Å². The number of ether oxygens (including phenoxy) is 1. The molecule has 0 aromatic heterocycles. The number of ketones is 1. The van der Waals surface area contributed by atoms with Gasteiger partial charge in [0, 0.05) is 18.4 Å². The predicted octanol–water partition coefficient (Wildman–Crippen LogP) is 2.85. The molecule has 2 rings (SSSR count). The SMILES string of the molecule is O=C1CCCC(OCc2ccccc2F)C1. The van der Waals surface area contributed by atoms with E-state index in [4.69, 9.17) is 4.74 Å². The van der Waals surface area contributed by atoms with Crippen LogP contribution in [0.25, 0.3) is 0 Å². The minimum Gasteiger partial charge on any atom is -0.373 e. The highest BCUT2D eigenvalue weighted by atomic mass is 19.1. The van der Waals surface area contributed by atoms with Crippen LogP contribution in [0.15, 0.2) is 24.3 Å². The molecular formula is C13H15FO2. The highest BCUT2D eigenvalue weighted by Gasteiger charge is 2.20. The Morgan fingerprint density at radius 3 is 2.94 bits per heavy atom. The first-order chi connectivity index (χ1) is 7.75. The van der Waals surface area contributed by atoms with Crippen molar-refractivity contribution in [2.75, 3.05) is 0 Å². The first-order valence-electron chi connectivity index (χ1n) is 5.62. The Bertz CT molecular complexity index is 376.